The van der Waals surface area contributed by atoms with Crippen LogP contribution >= 0.6 is 11.3 Å². The number of carboxylic acid groups (broad SMARTS) is 1. The van der Waals surface area contributed by atoms with Crippen molar-refractivity contribution in [3.05, 3.63) is 34.8 Å². The Bertz CT molecular complexity index is 651. The number of rotatable bonds is 7. The van der Waals surface area contributed by atoms with E-state index in [9.17, 15) is 4.79 Å². The summed E-state index contributed by atoms with van der Waals surface area (Å²) in [7, 11) is 0. The lowest BCUT2D eigenvalue weighted by molar-refractivity contribution is -0.136. The third kappa shape index (κ3) is 3.98. The fourth-order valence-corrected chi connectivity index (χ4v) is 3.01. The fourth-order valence-electron chi connectivity index (χ4n) is 2.29. The maximum absolute atomic E-state index is 10.7. The topological polar surface area (TPSA) is 65.5 Å². The first-order valence-corrected chi connectivity index (χ1v) is 8.20. The zero-order valence-corrected chi connectivity index (χ0v) is 13.9. The van der Waals surface area contributed by atoms with Gasteiger partial charge >= 0.3 is 5.97 Å². The van der Waals surface area contributed by atoms with Gasteiger partial charge in [0.15, 0.2) is 5.13 Å². The Morgan fingerprint density at radius 2 is 2.09 bits per heavy atom. The Morgan fingerprint density at radius 3 is 2.68 bits per heavy atom. The molecule has 0 unspecified atom stereocenters. The maximum atomic E-state index is 10.7. The highest BCUT2D eigenvalue weighted by molar-refractivity contribution is 7.13. The van der Waals surface area contributed by atoms with Crippen LogP contribution in [0.25, 0.3) is 0 Å². The summed E-state index contributed by atoms with van der Waals surface area (Å²) in [5.74, 6) is -0.864. The van der Waals surface area contributed by atoms with Crippen LogP contribution < -0.4 is 10.2 Å². The van der Waals surface area contributed by atoms with Gasteiger partial charge in [0.1, 0.15) is 0 Å². The van der Waals surface area contributed by atoms with Gasteiger partial charge in [0.05, 0.1) is 12.1 Å². The van der Waals surface area contributed by atoms with E-state index < -0.39 is 5.97 Å². The molecule has 2 aromatic rings. The van der Waals surface area contributed by atoms with Gasteiger partial charge in [-0.15, -0.1) is 11.3 Å². The van der Waals surface area contributed by atoms with Gasteiger partial charge in [-0.05, 0) is 44.5 Å². The molecule has 0 bridgehead atoms. The smallest absolute Gasteiger partial charge is 0.309 e. The number of nitrogens with zero attached hydrogens (tertiary/aromatic N) is 2. The van der Waals surface area contributed by atoms with E-state index in [4.69, 9.17) is 5.11 Å². The summed E-state index contributed by atoms with van der Waals surface area (Å²) in [6.45, 7) is 8.30. The van der Waals surface area contributed by atoms with Crippen molar-refractivity contribution < 1.29 is 9.90 Å². The van der Waals surface area contributed by atoms with Crippen molar-refractivity contribution in [2.75, 3.05) is 23.3 Å². The summed E-state index contributed by atoms with van der Waals surface area (Å²) < 4.78 is 0. The normalized spacial score (nSPS) is 10.5. The van der Waals surface area contributed by atoms with E-state index in [1.807, 2.05) is 6.07 Å². The van der Waals surface area contributed by atoms with Gasteiger partial charge in [-0.1, -0.05) is 0 Å². The zero-order valence-electron chi connectivity index (χ0n) is 13.1. The summed E-state index contributed by atoms with van der Waals surface area (Å²) in [4.78, 5) is 17.3. The van der Waals surface area contributed by atoms with Crippen LogP contribution in [0.4, 0.5) is 16.5 Å². The molecule has 2 N–H and O–H groups in total. The van der Waals surface area contributed by atoms with Crippen LogP contribution in [0.3, 0.4) is 0 Å². The lowest BCUT2D eigenvalue weighted by atomic mass is 10.1. The predicted octanol–water partition coefficient (Wildman–Crippen LogP) is 3.67. The van der Waals surface area contributed by atoms with E-state index in [1.165, 1.54) is 17.0 Å². The van der Waals surface area contributed by atoms with Crippen LogP contribution in [0.1, 0.15) is 25.1 Å². The molecule has 1 aromatic carbocycles. The van der Waals surface area contributed by atoms with E-state index in [0.29, 0.717) is 5.69 Å². The minimum Gasteiger partial charge on any atom is -0.481 e. The maximum Gasteiger partial charge on any atom is 0.309 e. The second-order valence-electron chi connectivity index (χ2n) is 5.01. The molecule has 0 amide bonds. The number of carboxylic acids is 1. The number of thiazole rings is 1. The predicted molar refractivity (Wildman–Crippen MR) is 91.5 cm³/mol. The highest BCUT2D eigenvalue weighted by atomic mass is 32.1. The Labute approximate surface area is 134 Å². The molecule has 0 atom stereocenters. The second kappa shape index (κ2) is 7.26. The molecule has 0 spiro atoms. The van der Waals surface area contributed by atoms with Gasteiger partial charge in [0.2, 0.25) is 0 Å². The zero-order chi connectivity index (χ0) is 16.1. The highest BCUT2D eigenvalue weighted by Gasteiger charge is 2.09. The van der Waals surface area contributed by atoms with Crippen LogP contribution in [0.15, 0.2) is 23.6 Å². The molecule has 0 radical (unpaired) electrons. The van der Waals surface area contributed by atoms with Crippen molar-refractivity contribution in [1.29, 1.82) is 0 Å². The van der Waals surface area contributed by atoms with Crippen LogP contribution in [-0.4, -0.2) is 29.1 Å². The number of aliphatic carboxylic acids is 1. The number of aryl methyl sites for hydroxylation is 1. The Morgan fingerprint density at radius 1 is 1.36 bits per heavy atom. The Hall–Kier alpha value is -2.08. The first-order chi connectivity index (χ1) is 10.5. The molecular formula is C16H21N3O2S. The average Bonchev–Trinajstić information content (AvgIpc) is 2.89. The Kier molecular flexibility index (Phi) is 5.38. The molecule has 0 aliphatic carbocycles. The van der Waals surface area contributed by atoms with Gasteiger partial charge < -0.3 is 15.3 Å². The molecule has 0 saturated carbocycles. The molecule has 0 aliphatic rings. The standard InChI is InChI=1S/C16H21N3O2S/c1-4-19(5-2)13-6-7-14(11(3)8-13)18-16-17-12(10-22-16)9-15(20)21/h6-8,10H,4-5,9H2,1-3H3,(H,17,18)(H,20,21). The molecule has 0 aliphatic heterocycles. The molecule has 1 aromatic heterocycles. The fraction of sp³-hybridized carbons (Fsp3) is 0.375. The average molecular weight is 319 g/mol. The van der Waals surface area contributed by atoms with E-state index >= 15 is 0 Å². The summed E-state index contributed by atoms with van der Waals surface area (Å²) in [5, 5.41) is 14.5. The van der Waals surface area contributed by atoms with Crippen molar-refractivity contribution in [3.63, 3.8) is 0 Å². The molecular weight excluding hydrogens is 298 g/mol. The van der Waals surface area contributed by atoms with Gasteiger partial charge in [-0.2, -0.15) is 0 Å². The highest BCUT2D eigenvalue weighted by Crippen LogP contribution is 2.27. The van der Waals surface area contributed by atoms with Crippen molar-refractivity contribution in [2.24, 2.45) is 0 Å². The summed E-state index contributed by atoms with van der Waals surface area (Å²) >= 11 is 1.42. The molecule has 118 valence electrons. The molecule has 5 nitrogen and oxygen atoms in total. The molecule has 22 heavy (non-hydrogen) atoms. The van der Waals surface area contributed by atoms with E-state index in [0.717, 1.165) is 29.5 Å². The third-order valence-corrected chi connectivity index (χ3v) is 4.27. The van der Waals surface area contributed by atoms with Crippen LogP contribution in [0.2, 0.25) is 0 Å². The minimum atomic E-state index is -0.864. The lowest BCUT2D eigenvalue weighted by Gasteiger charge is -2.22. The first-order valence-electron chi connectivity index (χ1n) is 7.32. The summed E-state index contributed by atoms with van der Waals surface area (Å²) in [5.41, 5.74) is 3.92. The lowest BCUT2D eigenvalue weighted by Crippen LogP contribution is -2.21. The third-order valence-electron chi connectivity index (χ3n) is 3.46. The van der Waals surface area contributed by atoms with Crippen molar-refractivity contribution >= 4 is 33.8 Å². The van der Waals surface area contributed by atoms with Gasteiger partial charge in [-0.3, -0.25) is 4.79 Å². The summed E-state index contributed by atoms with van der Waals surface area (Å²) in [6, 6.07) is 6.29. The minimum absolute atomic E-state index is 0.0436. The van der Waals surface area contributed by atoms with Gasteiger partial charge in [0.25, 0.3) is 0 Å². The quantitative estimate of drug-likeness (QED) is 0.815. The Balaban J connectivity index is 2.13. The molecule has 0 saturated heterocycles. The van der Waals surface area contributed by atoms with Crippen LogP contribution in [-0.2, 0) is 11.2 Å². The van der Waals surface area contributed by atoms with Gasteiger partial charge in [0, 0.05) is 29.8 Å². The number of benzene rings is 1. The number of anilines is 3. The number of hydrogen-bond donors (Lipinski definition) is 2. The van der Waals surface area contributed by atoms with Gasteiger partial charge in [-0.25, -0.2) is 4.98 Å². The van der Waals surface area contributed by atoms with Crippen molar-refractivity contribution in [1.82, 2.24) is 4.98 Å². The largest absolute Gasteiger partial charge is 0.481 e. The van der Waals surface area contributed by atoms with E-state index in [1.54, 1.807) is 5.38 Å². The molecule has 1 heterocycles. The monoisotopic (exact) mass is 319 g/mol. The molecule has 0 fully saturated rings. The SMILES string of the molecule is CCN(CC)c1ccc(Nc2nc(CC(=O)O)cs2)c(C)c1. The van der Waals surface area contributed by atoms with Crippen molar-refractivity contribution in [2.45, 2.75) is 27.2 Å². The molecule has 6 heteroatoms. The van der Waals surface area contributed by atoms with Crippen molar-refractivity contribution in [3.8, 4) is 0 Å². The first kappa shape index (κ1) is 16.3. The number of nitrogens with one attached hydrogen (secondary N) is 1. The van der Waals surface area contributed by atoms with Crippen LogP contribution in [0, 0.1) is 6.92 Å². The van der Waals surface area contributed by atoms with E-state index in [2.05, 4.69) is 48.1 Å². The second-order valence-corrected chi connectivity index (χ2v) is 5.87. The number of aromatic nitrogens is 1. The van der Waals surface area contributed by atoms with Crippen LogP contribution in [0.5, 0.6) is 0 Å². The molecule has 2 rings (SSSR count). The number of hydrogen-bond acceptors (Lipinski definition) is 5. The van der Waals surface area contributed by atoms with E-state index in [-0.39, 0.29) is 6.42 Å². The number of carbonyl (C=O) groups is 1. The summed E-state index contributed by atoms with van der Waals surface area (Å²) in [6.07, 6.45) is -0.0436.